The fraction of sp³-hybridized carbons (Fsp3) is 0.300. The van der Waals surface area contributed by atoms with Gasteiger partial charge in [0.2, 0.25) is 11.8 Å². The molecule has 2 aromatic rings. The van der Waals surface area contributed by atoms with Crippen LogP contribution in [0.5, 0.6) is 11.5 Å². The summed E-state index contributed by atoms with van der Waals surface area (Å²) in [5, 5.41) is 5.44. The first-order valence-corrected chi connectivity index (χ1v) is 8.93. The Bertz CT molecular complexity index is 842. The summed E-state index contributed by atoms with van der Waals surface area (Å²) in [7, 11) is 1.66. The molecule has 8 heteroatoms. The van der Waals surface area contributed by atoms with E-state index in [1.807, 2.05) is 0 Å². The third-order valence-electron chi connectivity index (χ3n) is 3.99. The number of nitrogens with zero attached hydrogens (tertiary/aromatic N) is 1. The van der Waals surface area contributed by atoms with Crippen molar-refractivity contribution in [2.24, 2.45) is 0 Å². The SMILES string of the molecule is CN(CC(=O)Nc1ccc(F)cc1)CC(=O)Nc1ccc2c(c1)OCCCO2. The van der Waals surface area contributed by atoms with Crippen molar-refractivity contribution in [3.63, 3.8) is 0 Å². The third kappa shape index (κ3) is 5.68. The molecule has 0 spiro atoms. The van der Waals surface area contributed by atoms with Crippen LogP contribution in [-0.4, -0.2) is 50.1 Å². The lowest BCUT2D eigenvalue weighted by atomic mass is 10.2. The second-order valence-electron chi connectivity index (χ2n) is 6.49. The van der Waals surface area contributed by atoms with Gasteiger partial charge in [0, 0.05) is 23.9 Å². The average molecular weight is 387 g/mol. The van der Waals surface area contributed by atoms with Crippen molar-refractivity contribution >= 4 is 23.2 Å². The average Bonchev–Trinajstić information content (AvgIpc) is 2.88. The molecule has 0 unspecified atom stereocenters. The number of benzene rings is 2. The number of hydrogen-bond acceptors (Lipinski definition) is 5. The van der Waals surface area contributed by atoms with E-state index < -0.39 is 0 Å². The van der Waals surface area contributed by atoms with Crippen molar-refractivity contribution in [2.45, 2.75) is 6.42 Å². The van der Waals surface area contributed by atoms with E-state index in [1.165, 1.54) is 24.3 Å². The zero-order valence-electron chi connectivity index (χ0n) is 15.5. The van der Waals surface area contributed by atoms with Crippen LogP contribution in [0.3, 0.4) is 0 Å². The summed E-state index contributed by atoms with van der Waals surface area (Å²) in [6.45, 7) is 1.22. The molecule has 0 saturated carbocycles. The van der Waals surface area contributed by atoms with E-state index in [2.05, 4.69) is 10.6 Å². The molecule has 1 heterocycles. The number of anilines is 2. The van der Waals surface area contributed by atoms with Crippen molar-refractivity contribution in [3.8, 4) is 11.5 Å². The molecule has 2 amide bonds. The van der Waals surface area contributed by atoms with Gasteiger partial charge in [-0.1, -0.05) is 0 Å². The smallest absolute Gasteiger partial charge is 0.238 e. The predicted octanol–water partition coefficient (Wildman–Crippen LogP) is 2.50. The lowest BCUT2D eigenvalue weighted by Gasteiger charge is -2.16. The molecule has 0 aromatic heterocycles. The number of amides is 2. The number of carbonyl (C=O) groups excluding carboxylic acids is 2. The summed E-state index contributed by atoms with van der Waals surface area (Å²) >= 11 is 0. The number of likely N-dealkylation sites (N-methyl/N-ethyl adjacent to an activating group) is 1. The first-order valence-electron chi connectivity index (χ1n) is 8.93. The Hall–Kier alpha value is -3.13. The van der Waals surface area contributed by atoms with Crippen LogP contribution in [0.2, 0.25) is 0 Å². The second kappa shape index (κ2) is 9.18. The molecule has 3 rings (SSSR count). The number of ether oxygens (including phenoxy) is 2. The number of nitrogens with one attached hydrogen (secondary N) is 2. The van der Waals surface area contributed by atoms with Gasteiger partial charge in [-0.05, 0) is 43.4 Å². The van der Waals surface area contributed by atoms with Crippen LogP contribution in [0.1, 0.15) is 6.42 Å². The molecular weight excluding hydrogens is 365 g/mol. The Labute approximate surface area is 162 Å². The van der Waals surface area contributed by atoms with E-state index in [0.29, 0.717) is 36.1 Å². The van der Waals surface area contributed by atoms with E-state index in [4.69, 9.17) is 9.47 Å². The highest BCUT2D eigenvalue weighted by molar-refractivity contribution is 5.94. The van der Waals surface area contributed by atoms with E-state index >= 15 is 0 Å². The van der Waals surface area contributed by atoms with Crippen LogP contribution in [0.4, 0.5) is 15.8 Å². The molecule has 28 heavy (non-hydrogen) atoms. The summed E-state index contributed by atoms with van der Waals surface area (Å²) < 4.78 is 24.1. The summed E-state index contributed by atoms with van der Waals surface area (Å²) in [5.41, 5.74) is 1.09. The Balaban J connectivity index is 1.48. The zero-order chi connectivity index (χ0) is 19.9. The van der Waals surface area contributed by atoms with Gasteiger partial charge in [-0.15, -0.1) is 0 Å². The van der Waals surface area contributed by atoms with Gasteiger partial charge in [0.15, 0.2) is 11.5 Å². The molecule has 148 valence electrons. The van der Waals surface area contributed by atoms with E-state index in [1.54, 1.807) is 30.1 Å². The Morgan fingerprint density at radius 2 is 1.50 bits per heavy atom. The van der Waals surface area contributed by atoms with Gasteiger partial charge >= 0.3 is 0 Å². The second-order valence-corrected chi connectivity index (χ2v) is 6.49. The van der Waals surface area contributed by atoms with Crippen LogP contribution in [0.25, 0.3) is 0 Å². The zero-order valence-corrected chi connectivity index (χ0v) is 15.5. The molecule has 2 aromatic carbocycles. The molecule has 0 aliphatic carbocycles. The molecule has 1 aliphatic rings. The summed E-state index contributed by atoms with van der Waals surface area (Å²) in [4.78, 5) is 25.9. The highest BCUT2D eigenvalue weighted by atomic mass is 19.1. The van der Waals surface area contributed by atoms with Crippen LogP contribution < -0.4 is 20.1 Å². The normalized spacial score (nSPS) is 13.0. The molecule has 2 N–H and O–H groups in total. The molecular formula is C20H22FN3O4. The van der Waals surface area contributed by atoms with Gasteiger partial charge in [-0.3, -0.25) is 14.5 Å². The first kappa shape index (κ1) is 19.6. The fourth-order valence-electron chi connectivity index (χ4n) is 2.72. The third-order valence-corrected chi connectivity index (χ3v) is 3.99. The Kier molecular flexibility index (Phi) is 6.44. The maximum Gasteiger partial charge on any atom is 0.238 e. The summed E-state index contributed by atoms with van der Waals surface area (Å²) in [6, 6.07) is 10.7. The minimum absolute atomic E-state index is 0.0198. The fourth-order valence-corrected chi connectivity index (χ4v) is 2.72. The highest BCUT2D eigenvalue weighted by Gasteiger charge is 2.14. The standard InChI is InChI=1S/C20H22FN3O4/c1-24(12-19(25)22-15-5-3-14(21)4-6-15)13-20(26)23-16-7-8-17-18(11-16)28-10-2-9-27-17/h3-8,11H,2,9-10,12-13H2,1H3,(H,22,25)(H,23,26). The van der Waals surface area contributed by atoms with Gasteiger partial charge in [-0.2, -0.15) is 0 Å². The molecule has 0 bridgehead atoms. The van der Waals surface area contributed by atoms with Crippen LogP contribution in [-0.2, 0) is 9.59 Å². The molecule has 0 fully saturated rings. The van der Waals surface area contributed by atoms with Crippen molar-refractivity contribution in [1.82, 2.24) is 4.90 Å². The Morgan fingerprint density at radius 1 is 0.929 bits per heavy atom. The van der Waals surface area contributed by atoms with Gasteiger partial charge < -0.3 is 20.1 Å². The van der Waals surface area contributed by atoms with Crippen molar-refractivity contribution in [1.29, 1.82) is 0 Å². The van der Waals surface area contributed by atoms with Gasteiger partial charge in [0.1, 0.15) is 5.82 Å². The molecule has 7 nitrogen and oxygen atoms in total. The van der Waals surface area contributed by atoms with Crippen molar-refractivity contribution < 1.29 is 23.5 Å². The largest absolute Gasteiger partial charge is 0.490 e. The van der Waals surface area contributed by atoms with Crippen LogP contribution in [0, 0.1) is 5.82 Å². The van der Waals surface area contributed by atoms with Gasteiger partial charge in [0.25, 0.3) is 0 Å². The monoisotopic (exact) mass is 387 g/mol. The number of fused-ring (bicyclic) bond motifs is 1. The maximum atomic E-state index is 12.9. The first-order chi connectivity index (χ1) is 13.5. The van der Waals surface area contributed by atoms with Gasteiger partial charge in [0.05, 0.1) is 26.3 Å². The molecule has 0 atom stereocenters. The van der Waals surface area contributed by atoms with E-state index in [-0.39, 0.29) is 30.7 Å². The number of carbonyl (C=O) groups is 2. The van der Waals surface area contributed by atoms with Crippen molar-refractivity contribution in [2.75, 3.05) is 44.0 Å². The Morgan fingerprint density at radius 3 is 2.18 bits per heavy atom. The van der Waals surface area contributed by atoms with E-state index in [9.17, 15) is 14.0 Å². The lowest BCUT2D eigenvalue weighted by molar-refractivity contribution is -0.119. The van der Waals surface area contributed by atoms with Crippen LogP contribution in [0.15, 0.2) is 42.5 Å². The lowest BCUT2D eigenvalue weighted by Crippen LogP contribution is -2.36. The number of hydrogen-bond donors (Lipinski definition) is 2. The topological polar surface area (TPSA) is 79.9 Å². The summed E-state index contributed by atoms with van der Waals surface area (Å²) in [5.74, 6) is 0.332. The number of rotatable bonds is 6. The maximum absolute atomic E-state index is 12.9. The predicted molar refractivity (Wildman–Crippen MR) is 103 cm³/mol. The van der Waals surface area contributed by atoms with Gasteiger partial charge in [-0.25, -0.2) is 4.39 Å². The molecule has 0 saturated heterocycles. The van der Waals surface area contributed by atoms with E-state index in [0.717, 1.165) is 6.42 Å². The number of halogens is 1. The van der Waals surface area contributed by atoms with Crippen molar-refractivity contribution in [3.05, 3.63) is 48.3 Å². The summed E-state index contributed by atoms with van der Waals surface area (Å²) in [6.07, 6.45) is 0.807. The quantitative estimate of drug-likeness (QED) is 0.796. The highest BCUT2D eigenvalue weighted by Crippen LogP contribution is 2.32. The molecule has 0 radical (unpaired) electrons. The molecule has 1 aliphatic heterocycles. The minimum atomic E-state index is -0.374. The minimum Gasteiger partial charge on any atom is -0.490 e. The van der Waals surface area contributed by atoms with Crippen LogP contribution >= 0.6 is 0 Å².